The van der Waals surface area contributed by atoms with Gasteiger partial charge in [-0.05, 0) is 44.9 Å². The van der Waals surface area contributed by atoms with Gasteiger partial charge in [-0.2, -0.15) is 8.42 Å². The Balaban J connectivity index is 0.00000184. The summed E-state index contributed by atoms with van der Waals surface area (Å²) in [4.78, 5) is 16.0. The summed E-state index contributed by atoms with van der Waals surface area (Å²) in [5, 5.41) is 5.82. The van der Waals surface area contributed by atoms with Crippen LogP contribution >= 0.6 is 0 Å². The molecule has 0 aromatic heterocycles. The molecule has 5 N–H and O–H groups in total. The van der Waals surface area contributed by atoms with Crippen LogP contribution in [-0.2, 0) is 14.9 Å². The van der Waals surface area contributed by atoms with Gasteiger partial charge >= 0.3 is 0 Å². The minimum absolute atomic E-state index is 0.314. The molecule has 0 unspecified atom stereocenters. The number of ether oxygens (including phenoxy) is 2. The standard InChI is InChI=1S/C21H30N4O3.CH4O3S/c1-16(2)11-14-25-21(22)24-13-6-5-12-23-20(26)10-8-17-7-9-18(27-3)19(15-17)28-4;1-5(2,3)4/h7,9,11,15H,5-6,12-14H2,1-4H3,(H,23,26)(H3,22,24,25);1H3,(H,2,3,4). The molecule has 0 fully saturated rings. The van der Waals surface area contributed by atoms with Crippen LogP contribution in [0.15, 0.2) is 34.8 Å². The quantitative estimate of drug-likeness (QED) is 0.103. The van der Waals surface area contributed by atoms with Crippen molar-refractivity contribution in [1.29, 1.82) is 0 Å². The van der Waals surface area contributed by atoms with E-state index in [1.807, 2.05) is 19.9 Å². The minimum Gasteiger partial charge on any atom is -0.493 e. The minimum atomic E-state index is -3.67. The highest BCUT2D eigenvalue weighted by molar-refractivity contribution is 7.85. The van der Waals surface area contributed by atoms with Crippen molar-refractivity contribution >= 4 is 22.0 Å². The van der Waals surface area contributed by atoms with Gasteiger partial charge in [0, 0.05) is 24.6 Å². The maximum absolute atomic E-state index is 11.8. The second-order valence-electron chi connectivity index (χ2n) is 6.95. The van der Waals surface area contributed by atoms with Gasteiger partial charge in [0.2, 0.25) is 0 Å². The first-order valence-electron chi connectivity index (χ1n) is 10.1. The van der Waals surface area contributed by atoms with Crippen LogP contribution in [0.5, 0.6) is 11.5 Å². The fourth-order valence-corrected chi connectivity index (χ4v) is 2.14. The fraction of sp³-hybridized carbons (Fsp3) is 0.455. The number of amides is 1. The second kappa shape index (κ2) is 16.4. The lowest BCUT2D eigenvalue weighted by molar-refractivity contribution is -0.115. The van der Waals surface area contributed by atoms with E-state index in [1.54, 1.807) is 32.4 Å². The highest BCUT2D eigenvalue weighted by atomic mass is 32.2. The van der Waals surface area contributed by atoms with Crippen molar-refractivity contribution in [3.8, 4) is 23.3 Å². The topological polar surface area (TPSA) is 152 Å². The SMILES string of the molecule is COc1ccc(C#CC(=O)NCCCCNC(N)=NCC=C(C)C)cc1OC.CS(=O)(=O)O. The molecule has 0 bridgehead atoms. The molecular weight excluding hydrogens is 448 g/mol. The Morgan fingerprint density at radius 3 is 2.27 bits per heavy atom. The van der Waals surface area contributed by atoms with E-state index in [0.717, 1.165) is 12.8 Å². The molecule has 1 amide bonds. The Labute approximate surface area is 196 Å². The smallest absolute Gasteiger partial charge is 0.296 e. The average Bonchev–Trinajstić information content (AvgIpc) is 2.72. The summed E-state index contributed by atoms with van der Waals surface area (Å²) in [7, 11) is -0.544. The Hall–Kier alpha value is -3.23. The summed E-state index contributed by atoms with van der Waals surface area (Å²) in [6.07, 6.45) is 4.40. The molecule has 0 aliphatic carbocycles. The molecule has 33 heavy (non-hydrogen) atoms. The van der Waals surface area contributed by atoms with Crippen molar-refractivity contribution in [2.45, 2.75) is 26.7 Å². The molecule has 184 valence electrons. The number of carbonyl (C=O) groups excluding carboxylic acids is 1. The number of aliphatic imine (C=N–C) groups is 1. The number of nitrogens with zero attached hydrogens (tertiary/aromatic N) is 1. The molecule has 0 saturated heterocycles. The number of unbranched alkanes of at least 4 members (excludes halogenated alkanes) is 1. The summed E-state index contributed by atoms with van der Waals surface area (Å²) in [6, 6.07) is 5.26. The number of nitrogens with two attached hydrogens (primary N) is 1. The lowest BCUT2D eigenvalue weighted by Crippen LogP contribution is -2.33. The molecule has 0 spiro atoms. The molecule has 0 heterocycles. The zero-order valence-corrected chi connectivity index (χ0v) is 20.6. The lowest BCUT2D eigenvalue weighted by atomic mass is 10.2. The number of benzene rings is 1. The van der Waals surface area contributed by atoms with Crippen molar-refractivity contribution < 1.29 is 27.2 Å². The van der Waals surface area contributed by atoms with Crippen LogP contribution in [0.4, 0.5) is 0 Å². The number of guanidine groups is 1. The van der Waals surface area contributed by atoms with Crippen molar-refractivity contribution in [3.05, 3.63) is 35.4 Å². The summed E-state index contributed by atoms with van der Waals surface area (Å²) in [5.74, 6) is 6.70. The van der Waals surface area contributed by atoms with Crippen LogP contribution in [0, 0.1) is 11.8 Å². The van der Waals surface area contributed by atoms with Gasteiger partial charge in [-0.25, -0.2) is 4.99 Å². The van der Waals surface area contributed by atoms with Gasteiger partial charge < -0.3 is 25.8 Å². The predicted octanol–water partition coefficient (Wildman–Crippen LogP) is 1.33. The van der Waals surface area contributed by atoms with Gasteiger partial charge in [0.05, 0.1) is 27.0 Å². The molecule has 1 rings (SSSR count). The average molecular weight is 483 g/mol. The third-order valence-corrected chi connectivity index (χ3v) is 3.66. The van der Waals surface area contributed by atoms with E-state index in [4.69, 9.17) is 19.8 Å². The molecule has 1 aromatic carbocycles. The van der Waals surface area contributed by atoms with E-state index >= 15 is 0 Å². The molecule has 0 radical (unpaired) electrons. The first-order valence-corrected chi connectivity index (χ1v) is 11.9. The van der Waals surface area contributed by atoms with E-state index in [1.165, 1.54) is 5.57 Å². The number of carbonyl (C=O) groups is 1. The molecule has 10 nitrogen and oxygen atoms in total. The lowest BCUT2D eigenvalue weighted by Gasteiger charge is -2.06. The van der Waals surface area contributed by atoms with Crippen molar-refractivity contribution in [2.75, 3.05) is 40.1 Å². The molecular formula is C22H34N4O6S. The molecule has 0 aliphatic rings. The zero-order chi connectivity index (χ0) is 25.3. The maximum atomic E-state index is 11.8. The van der Waals surface area contributed by atoms with E-state index in [-0.39, 0.29) is 5.91 Å². The van der Waals surface area contributed by atoms with Gasteiger partial charge in [0.15, 0.2) is 17.5 Å². The molecule has 11 heteroatoms. The summed E-state index contributed by atoms with van der Waals surface area (Å²) in [6.45, 7) is 5.88. The maximum Gasteiger partial charge on any atom is 0.296 e. The Kier molecular flexibility index (Phi) is 14.8. The Morgan fingerprint density at radius 1 is 1.15 bits per heavy atom. The number of nitrogens with one attached hydrogen (secondary N) is 2. The van der Waals surface area contributed by atoms with E-state index in [9.17, 15) is 13.2 Å². The van der Waals surface area contributed by atoms with E-state index in [0.29, 0.717) is 48.9 Å². The van der Waals surface area contributed by atoms with Crippen molar-refractivity contribution in [3.63, 3.8) is 0 Å². The van der Waals surface area contributed by atoms with Crippen LogP contribution < -0.4 is 25.8 Å². The van der Waals surface area contributed by atoms with Gasteiger partial charge in [-0.3, -0.25) is 9.35 Å². The first kappa shape index (κ1) is 29.8. The van der Waals surface area contributed by atoms with Crippen molar-refractivity contribution in [2.24, 2.45) is 10.7 Å². The van der Waals surface area contributed by atoms with Gasteiger partial charge in [-0.15, -0.1) is 0 Å². The number of allylic oxidation sites excluding steroid dienone is 1. The van der Waals surface area contributed by atoms with Crippen LogP contribution in [0.1, 0.15) is 32.3 Å². The molecule has 0 saturated carbocycles. The molecule has 1 aromatic rings. The molecule has 0 aliphatic heterocycles. The number of rotatable bonds is 9. The van der Waals surface area contributed by atoms with Crippen LogP contribution in [0.2, 0.25) is 0 Å². The third kappa shape index (κ3) is 18.1. The zero-order valence-electron chi connectivity index (χ0n) is 19.8. The van der Waals surface area contributed by atoms with Gasteiger partial charge in [-0.1, -0.05) is 17.6 Å². The second-order valence-corrected chi connectivity index (χ2v) is 8.42. The fourth-order valence-electron chi connectivity index (χ4n) is 2.14. The van der Waals surface area contributed by atoms with Crippen molar-refractivity contribution in [1.82, 2.24) is 10.6 Å². The number of hydrogen-bond acceptors (Lipinski definition) is 6. The van der Waals surface area contributed by atoms with Gasteiger partial charge in [0.25, 0.3) is 16.0 Å². The van der Waals surface area contributed by atoms with Gasteiger partial charge in [0.1, 0.15) is 0 Å². The summed E-state index contributed by atoms with van der Waals surface area (Å²) in [5.41, 5.74) is 7.65. The van der Waals surface area contributed by atoms with Crippen LogP contribution in [-0.4, -0.2) is 64.9 Å². The van der Waals surface area contributed by atoms with E-state index in [2.05, 4.69) is 27.5 Å². The highest BCUT2D eigenvalue weighted by Crippen LogP contribution is 2.27. The van der Waals surface area contributed by atoms with Crippen LogP contribution in [0.25, 0.3) is 0 Å². The first-order chi connectivity index (χ1) is 15.5. The van der Waals surface area contributed by atoms with Crippen LogP contribution in [0.3, 0.4) is 0 Å². The predicted molar refractivity (Wildman–Crippen MR) is 130 cm³/mol. The monoisotopic (exact) mass is 482 g/mol. The Bertz CT molecular complexity index is 966. The summed E-state index contributed by atoms with van der Waals surface area (Å²) < 4.78 is 36.3. The molecule has 0 atom stereocenters. The Morgan fingerprint density at radius 2 is 1.73 bits per heavy atom. The summed E-state index contributed by atoms with van der Waals surface area (Å²) >= 11 is 0. The normalized spacial score (nSPS) is 10.5. The van der Waals surface area contributed by atoms with E-state index < -0.39 is 10.1 Å². The number of methoxy groups -OCH3 is 2. The number of hydrogen-bond donors (Lipinski definition) is 4. The highest BCUT2D eigenvalue weighted by Gasteiger charge is 2.03. The third-order valence-electron chi connectivity index (χ3n) is 3.66. The largest absolute Gasteiger partial charge is 0.493 e.